The van der Waals surface area contributed by atoms with Crippen molar-refractivity contribution in [3.63, 3.8) is 0 Å². The van der Waals surface area contributed by atoms with E-state index in [1.165, 1.54) is 19.2 Å². The number of benzene rings is 1. The first kappa shape index (κ1) is 11.2. The van der Waals surface area contributed by atoms with E-state index in [1.54, 1.807) is 6.92 Å². The Bertz CT molecular complexity index is 328. The average Bonchev–Trinajstić information content (AvgIpc) is 2.13. The van der Waals surface area contributed by atoms with Crippen LogP contribution in [0.1, 0.15) is 11.1 Å². The highest BCUT2D eigenvalue weighted by Gasteiger charge is 2.19. The van der Waals surface area contributed by atoms with E-state index in [0.717, 1.165) is 0 Å². The molecule has 0 radical (unpaired) electrons. The molecule has 14 heavy (non-hydrogen) atoms. The molecule has 0 unspecified atom stereocenters. The van der Waals surface area contributed by atoms with Crippen molar-refractivity contribution in [2.24, 2.45) is 0 Å². The summed E-state index contributed by atoms with van der Waals surface area (Å²) in [5.41, 5.74) is 0.805. The van der Waals surface area contributed by atoms with E-state index in [9.17, 15) is 4.39 Å². The minimum absolute atomic E-state index is 0.0282. The second-order valence-electron chi connectivity index (χ2n) is 3.07. The minimum Gasteiger partial charge on any atom is -0.423 e. The molecule has 0 spiro atoms. The van der Waals surface area contributed by atoms with E-state index in [1.807, 2.05) is 0 Å². The van der Waals surface area contributed by atoms with Crippen molar-refractivity contribution >= 4 is 12.6 Å². The molecule has 0 saturated heterocycles. The van der Waals surface area contributed by atoms with E-state index in [4.69, 9.17) is 14.8 Å². The number of ether oxygens (including phenoxy) is 1. The Balaban J connectivity index is 3.22. The maximum absolute atomic E-state index is 13.5. The zero-order chi connectivity index (χ0) is 10.7. The SMILES string of the molecule is COCc1c(B(O)O)ccc(C)c1F. The molecular weight excluding hydrogens is 186 g/mol. The summed E-state index contributed by atoms with van der Waals surface area (Å²) in [7, 11) is -0.245. The van der Waals surface area contributed by atoms with Gasteiger partial charge in [0.1, 0.15) is 5.82 Å². The van der Waals surface area contributed by atoms with Gasteiger partial charge in [0.05, 0.1) is 6.61 Å². The molecule has 0 fully saturated rings. The Morgan fingerprint density at radius 2 is 2.07 bits per heavy atom. The van der Waals surface area contributed by atoms with E-state index in [2.05, 4.69) is 0 Å². The van der Waals surface area contributed by atoms with Gasteiger partial charge in [0.25, 0.3) is 0 Å². The molecule has 0 aliphatic heterocycles. The summed E-state index contributed by atoms with van der Waals surface area (Å²) < 4.78 is 18.3. The summed E-state index contributed by atoms with van der Waals surface area (Å²) in [6, 6.07) is 2.99. The summed E-state index contributed by atoms with van der Waals surface area (Å²) in [6.07, 6.45) is 0. The third-order valence-corrected chi connectivity index (χ3v) is 2.04. The van der Waals surface area contributed by atoms with Crippen LogP contribution in [0, 0.1) is 12.7 Å². The molecule has 5 heteroatoms. The largest absolute Gasteiger partial charge is 0.488 e. The topological polar surface area (TPSA) is 49.7 Å². The molecule has 0 saturated carbocycles. The van der Waals surface area contributed by atoms with Gasteiger partial charge in [-0.25, -0.2) is 4.39 Å². The molecule has 1 rings (SSSR count). The Morgan fingerprint density at radius 1 is 1.43 bits per heavy atom. The number of methoxy groups -OCH3 is 1. The van der Waals surface area contributed by atoms with Crippen LogP contribution < -0.4 is 5.46 Å². The third kappa shape index (κ3) is 2.12. The smallest absolute Gasteiger partial charge is 0.423 e. The highest BCUT2D eigenvalue weighted by Crippen LogP contribution is 2.11. The quantitative estimate of drug-likeness (QED) is 0.670. The van der Waals surface area contributed by atoms with Gasteiger partial charge in [-0.05, 0) is 17.9 Å². The fourth-order valence-electron chi connectivity index (χ4n) is 1.29. The first-order valence-electron chi connectivity index (χ1n) is 4.21. The maximum Gasteiger partial charge on any atom is 0.488 e. The Labute approximate surface area is 82.3 Å². The molecular formula is C9H12BFO3. The van der Waals surface area contributed by atoms with Crippen molar-refractivity contribution < 1.29 is 19.2 Å². The standard InChI is InChI=1S/C9H12BFO3/c1-6-3-4-8(10(12)13)7(5-14-2)9(6)11/h3-4,12-13H,5H2,1-2H3. The van der Waals surface area contributed by atoms with E-state index >= 15 is 0 Å². The number of hydrogen-bond donors (Lipinski definition) is 2. The summed E-state index contributed by atoms with van der Waals surface area (Å²) in [6.45, 7) is 1.64. The first-order valence-corrected chi connectivity index (χ1v) is 4.21. The molecule has 1 aromatic carbocycles. The molecule has 0 bridgehead atoms. The normalized spacial score (nSPS) is 10.4. The predicted octanol–water partition coefficient (Wildman–Crippen LogP) is -0.0397. The van der Waals surface area contributed by atoms with Crippen LogP contribution in [0.25, 0.3) is 0 Å². The third-order valence-electron chi connectivity index (χ3n) is 2.04. The number of halogens is 1. The maximum atomic E-state index is 13.5. The second kappa shape index (κ2) is 4.55. The highest BCUT2D eigenvalue weighted by atomic mass is 19.1. The van der Waals surface area contributed by atoms with Crippen LogP contribution in [0.5, 0.6) is 0 Å². The van der Waals surface area contributed by atoms with Gasteiger partial charge in [-0.2, -0.15) is 0 Å². The van der Waals surface area contributed by atoms with Gasteiger partial charge in [0, 0.05) is 12.7 Å². The van der Waals surface area contributed by atoms with Gasteiger partial charge in [0.2, 0.25) is 0 Å². The van der Waals surface area contributed by atoms with Crippen molar-refractivity contribution in [1.29, 1.82) is 0 Å². The predicted molar refractivity (Wildman–Crippen MR) is 51.7 cm³/mol. The lowest BCUT2D eigenvalue weighted by Crippen LogP contribution is -2.34. The van der Waals surface area contributed by atoms with Crippen molar-refractivity contribution in [2.45, 2.75) is 13.5 Å². The minimum atomic E-state index is -1.67. The molecule has 0 aliphatic carbocycles. The van der Waals surface area contributed by atoms with Gasteiger partial charge in [-0.3, -0.25) is 0 Å². The first-order chi connectivity index (χ1) is 6.57. The molecule has 0 amide bonds. The van der Waals surface area contributed by atoms with Gasteiger partial charge in [0.15, 0.2) is 0 Å². The Hall–Kier alpha value is -0.905. The summed E-state index contributed by atoms with van der Waals surface area (Å²) in [5.74, 6) is -0.447. The van der Waals surface area contributed by atoms with E-state index < -0.39 is 12.9 Å². The van der Waals surface area contributed by atoms with Crippen LogP contribution in [0.15, 0.2) is 12.1 Å². The molecule has 3 nitrogen and oxygen atoms in total. The molecule has 2 N–H and O–H groups in total. The Kier molecular flexibility index (Phi) is 3.63. The lowest BCUT2D eigenvalue weighted by atomic mass is 9.76. The van der Waals surface area contributed by atoms with Crippen LogP contribution in [0.3, 0.4) is 0 Å². The Morgan fingerprint density at radius 3 is 2.57 bits per heavy atom. The fourth-order valence-corrected chi connectivity index (χ4v) is 1.29. The van der Waals surface area contributed by atoms with Crippen LogP contribution >= 0.6 is 0 Å². The van der Waals surface area contributed by atoms with Crippen LogP contribution in [0.4, 0.5) is 4.39 Å². The van der Waals surface area contributed by atoms with Crippen molar-refractivity contribution in [3.8, 4) is 0 Å². The van der Waals surface area contributed by atoms with Crippen molar-refractivity contribution in [1.82, 2.24) is 0 Å². The zero-order valence-electron chi connectivity index (χ0n) is 8.12. The van der Waals surface area contributed by atoms with E-state index in [-0.39, 0.29) is 17.6 Å². The zero-order valence-corrected chi connectivity index (χ0v) is 8.12. The fraction of sp³-hybridized carbons (Fsp3) is 0.333. The molecule has 0 atom stereocenters. The van der Waals surface area contributed by atoms with Crippen LogP contribution in [0.2, 0.25) is 0 Å². The monoisotopic (exact) mass is 198 g/mol. The molecule has 0 aromatic heterocycles. The summed E-state index contributed by atoms with van der Waals surface area (Å²) in [4.78, 5) is 0. The van der Waals surface area contributed by atoms with Crippen molar-refractivity contribution in [2.75, 3.05) is 7.11 Å². The lowest BCUT2D eigenvalue weighted by Gasteiger charge is -2.10. The van der Waals surface area contributed by atoms with Crippen LogP contribution in [-0.4, -0.2) is 24.3 Å². The van der Waals surface area contributed by atoms with E-state index in [0.29, 0.717) is 5.56 Å². The van der Waals surface area contributed by atoms with Gasteiger partial charge in [-0.15, -0.1) is 0 Å². The number of aryl methyl sites for hydroxylation is 1. The van der Waals surface area contributed by atoms with Crippen molar-refractivity contribution in [3.05, 3.63) is 29.1 Å². The summed E-state index contributed by atoms with van der Waals surface area (Å²) in [5, 5.41) is 18.0. The molecule has 0 aliphatic rings. The second-order valence-corrected chi connectivity index (χ2v) is 3.07. The molecule has 76 valence electrons. The molecule has 0 heterocycles. The lowest BCUT2D eigenvalue weighted by molar-refractivity contribution is 0.182. The average molecular weight is 198 g/mol. The molecule has 1 aromatic rings. The van der Waals surface area contributed by atoms with Crippen LogP contribution in [-0.2, 0) is 11.3 Å². The highest BCUT2D eigenvalue weighted by molar-refractivity contribution is 6.59. The summed E-state index contributed by atoms with van der Waals surface area (Å²) >= 11 is 0. The van der Waals surface area contributed by atoms with Gasteiger partial charge in [-0.1, -0.05) is 12.1 Å². The van der Waals surface area contributed by atoms with Gasteiger partial charge >= 0.3 is 7.12 Å². The number of hydrogen-bond acceptors (Lipinski definition) is 3. The van der Waals surface area contributed by atoms with Gasteiger partial charge < -0.3 is 14.8 Å². The number of rotatable bonds is 3.